The standard InChI is InChI=1S/C17H21N3O4/c21-13-8-12(10-18-9-11-4-2-1-3-5-11)15(16(13)23)20-7-6-14(22)19-17(20)24/h1-7,12-13,15-16,18,21,23H,8-10H2,(H,19,22,24)/t12-,13-,15-,16-/m0/s1. The molecule has 0 spiro atoms. The Balaban J connectivity index is 1.73. The van der Waals surface area contributed by atoms with Crippen LogP contribution in [0.2, 0.25) is 0 Å². The lowest BCUT2D eigenvalue weighted by atomic mass is 10.0. The minimum Gasteiger partial charge on any atom is -0.390 e. The molecule has 4 atom stereocenters. The van der Waals surface area contributed by atoms with E-state index in [2.05, 4.69) is 10.3 Å². The molecule has 1 fully saturated rings. The number of benzene rings is 1. The summed E-state index contributed by atoms with van der Waals surface area (Å²) in [5, 5.41) is 23.6. The smallest absolute Gasteiger partial charge is 0.328 e. The average molecular weight is 331 g/mol. The molecule has 1 saturated carbocycles. The van der Waals surface area contributed by atoms with Crippen molar-refractivity contribution in [3.8, 4) is 0 Å². The van der Waals surface area contributed by atoms with Gasteiger partial charge in [0.2, 0.25) is 0 Å². The van der Waals surface area contributed by atoms with Crippen LogP contribution in [-0.4, -0.2) is 38.5 Å². The van der Waals surface area contributed by atoms with E-state index in [1.54, 1.807) is 0 Å². The van der Waals surface area contributed by atoms with Gasteiger partial charge in [-0.25, -0.2) is 4.79 Å². The maximum Gasteiger partial charge on any atom is 0.328 e. The van der Waals surface area contributed by atoms with E-state index in [9.17, 15) is 19.8 Å². The molecule has 24 heavy (non-hydrogen) atoms. The second-order valence-electron chi connectivity index (χ2n) is 6.18. The van der Waals surface area contributed by atoms with Crippen LogP contribution >= 0.6 is 0 Å². The van der Waals surface area contributed by atoms with E-state index in [4.69, 9.17) is 0 Å². The second kappa shape index (κ2) is 7.12. The van der Waals surface area contributed by atoms with Crippen molar-refractivity contribution in [2.45, 2.75) is 31.2 Å². The molecule has 1 aliphatic carbocycles. The van der Waals surface area contributed by atoms with Crippen molar-refractivity contribution >= 4 is 0 Å². The molecule has 7 heteroatoms. The largest absolute Gasteiger partial charge is 0.390 e. The summed E-state index contributed by atoms with van der Waals surface area (Å²) in [4.78, 5) is 25.4. The number of hydrogen-bond acceptors (Lipinski definition) is 5. The van der Waals surface area contributed by atoms with Crippen LogP contribution in [0.3, 0.4) is 0 Å². The van der Waals surface area contributed by atoms with Gasteiger partial charge in [0, 0.05) is 25.4 Å². The van der Waals surface area contributed by atoms with Gasteiger partial charge >= 0.3 is 5.69 Å². The molecular weight excluding hydrogens is 310 g/mol. The Morgan fingerprint density at radius 1 is 1.17 bits per heavy atom. The lowest BCUT2D eigenvalue weighted by molar-refractivity contribution is 0.0212. The molecule has 0 unspecified atom stereocenters. The molecule has 128 valence electrons. The molecule has 2 aromatic rings. The van der Waals surface area contributed by atoms with Crippen molar-refractivity contribution in [3.05, 3.63) is 69.0 Å². The summed E-state index contributed by atoms with van der Waals surface area (Å²) in [7, 11) is 0. The lowest BCUT2D eigenvalue weighted by Crippen LogP contribution is -2.40. The summed E-state index contributed by atoms with van der Waals surface area (Å²) in [6.45, 7) is 1.20. The fourth-order valence-corrected chi connectivity index (χ4v) is 3.35. The number of H-pyrrole nitrogens is 1. The molecule has 0 radical (unpaired) electrons. The normalized spacial score (nSPS) is 26.6. The number of aromatic nitrogens is 2. The minimum atomic E-state index is -1.04. The first-order valence-corrected chi connectivity index (χ1v) is 7.98. The topological polar surface area (TPSA) is 107 Å². The molecule has 0 saturated heterocycles. The number of nitrogens with one attached hydrogen (secondary N) is 2. The van der Waals surface area contributed by atoms with Crippen LogP contribution < -0.4 is 16.6 Å². The Labute approximate surface area is 138 Å². The third kappa shape index (κ3) is 3.48. The highest BCUT2D eigenvalue weighted by Gasteiger charge is 2.42. The Kier molecular flexibility index (Phi) is 4.94. The number of aliphatic hydroxyl groups excluding tert-OH is 2. The minimum absolute atomic E-state index is 0.123. The van der Waals surface area contributed by atoms with E-state index in [0.717, 1.165) is 5.56 Å². The fourth-order valence-electron chi connectivity index (χ4n) is 3.35. The highest BCUT2D eigenvalue weighted by atomic mass is 16.3. The van der Waals surface area contributed by atoms with Gasteiger partial charge in [0.05, 0.1) is 12.1 Å². The molecule has 1 aromatic heterocycles. The first kappa shape index (κ1) is 16.6. The van der Waals surface area contributed by atoms with Gasteiger partial charge in [-0.2, -0.15) is 0 Å². The molecule has 0 bridgehead atoms. The molecule has 1 heterocycles. The van der Waals surface area contributed by atoms with E-state index in [1.165, 1.54) is 16.8 Å². The Morgan fingerprint density at radius 3 is 2.62 bits per heavy atom. The number of rotatable bonds is 5. The van der Waals surface area contributed by atoms with Gasteiger partial charge in [-0.1, -0.05) is 30.3 Å². The lowest BCUT2D eigenvalue weighted by Gasteiger charge is -2.24. The van der Waals surface area contributed by atoms with Crippen molar-refractivity contribution in [3.63, 3.8) is 0 Å². The summed E-state index contributed by atoms with van der Waals surface area (Å²) in [5.41, 5.74) is 0.0751. The van der Waals surface area contributed by atoms with Crippen molar-refractivity contribution in [1.82, 2.24) is 14.9 Å². The van der Waals surface area contributed by atoms with Gasteiger partial charge in [0.15, 0.2) is 0 Å². The van der Waals surface area contributed by atoms with Gasteiger partial charge in [0.1, 0.15) is 6.10 Å². The van der Waals surface area contributed by atoms with Crippen LogP contribution in [0.15, 0.2) is 52.2 Å². The van der Waals surface area contributed by atoms with E-state index in [0.29, 0.717) is 19.5 Å². The summed E-state index contributed by atoms with van der Waals surface area (Å²) in [5.74, 6) is -0.123. The van der Waals surface area contributed by atoms with Crippen LogP contribution in [0.1, 0.15) is 18.0 Å². The number of aromatic amines is 1. The molecule has 3 rings (SSSR count). The highest BCUT2D eigenvalue weighted by molar-refractivity contribution is 5.14. The maximum absolute atomic E-state index is 12.0. The van der Waals surface area contributed by atoms with Crippen LogP contribution in [-0.2, 0) is 6.54 Å². The first-order chi connectivity index (χ1) is 11.6. The average Bonchev–Trinajstić information content (AvgIpc) is 2.84. The third-order valence-corrected chi connectivity index (χ3v) is 4.52. The van der Waals surface area contributed by atoms with Crippen LogP contribution in [0.4, 0.5) is 0 Å². The fraction of sp³-hybridized carbons (Fsp3) is 0.412. The van der Waals surface area contributed by atoms with E-state index in [-0.39, 0.29) is 5.92 Å². The van der Waals surface area contributed by atoms with Crippen molar-refractivity contribution < 1.29 is 10.2 Å². The van der Waals surface area contributed by atoms with Gasteiger partial charge in [0.25, 0.3) is 5.56 Å². The molecule has 1 aliphatic rings. The molecule has 1 aromatic carbocycles. The highest BCUT2D eigenvalue weighted by Crippen LogP contribution is 2.35. The second-order valence-corrected chi connectivity index (χ2v) is 6.18. The number of hydrogen-bond donors (Lipinski definition) is 4. The van der Waals surface area contributed by atoms with Crippen molar-refractivity contribution in [2.24, 2.45) is 5.92 Å². The summed E-state index contributed by atoms with van der Waals surface area (Å²) >= 11 is 0. The zero-order chi connectivity index (χ0) is 17.1. The zero-order valence-corrected chi connectivity index (χ0v) is 13.1. The molecule has 4 N–H and O–H groups in total. The summed E-state index contributed by atoms with van der Waals surface area (Å²) in [6, 6.07) is 10.6. The maximum atomic E-state index is 12.0. The SMILES string of the molecule is O=c1ccn([C@H]2[C@H](CNCc3ccccc3)C[C@H](O)[C@@H]2O)c(=O)[nH]1. The Hall–Kier alpha value is -2.22. The van der Waals surface area contributed by atoms with Crippen molar-refractivity contribution in [2.75, 3.05) is 6.54 Å². The molecule has 0 aliphatic heterocycles. The molecule has 7 nitrogen and oxygen atoms in total. The van der Waals surface area contributed by atoms with E-state index in [1.807, 2.05) is 30.3 Å². The molecule has 0 amide bonds. The van der Waals surface area contributed by atoms with Crippen LogP contribution in [0.5, 0.6) is 0 Å². The van der Waals surface area contributed by atoms with Crippen molar-refractivity contribution in [1.29, 1.82) is 0 Å². The predicted octanol–water partition coefficient (Wildman–Crippen LogP) is -0.391. The quantitative estimate of drug-likeness (QED) is 0.597. The molecular formula is C17H21N3O4. The van der Waals surface area contributed by atoms with E-state index < -0.39 is 29.5 Å². The zero-order valence-electron chi connectivity index (χ0n) is 13.1. The summed E-state index contributed by atoms with van der Waals surface area (Å²) in [6.07, 6.45) is -0.175. The Bertz CT molecular complexity index is 786. The van der Waals surface area contributed by atoms with Crippen LogP contribution in [0, 0.1) is 5.92 Å². The van der Waals surface area contributed by atoms with Gasteiger partial charge in [-0.3, -0.25) is 14.3 Å². The van der Waals surface area contributed by atoms with Gasteiger partial charge in [-0.15, -0.1) is 0 Å². The number of aliphatic hydroxyl groups is 2. The monoisotopic (exact) mass is 331 g/mol. The third-order valence-electron chi connectivity index (χ3n) is 4.52. The van der Waals surface area contributed by atoms with Gasteiger partial charge < -0.3 is 15.5 Å². The Morgan fingerprint density at radius 2 is 1.92 bits per heavy atom. The first-order valence-electron chi connectivity index (χ1n) is 7.98. The summed E-state index contributed by atoms with van der Waals surface area (Å²) < 4.78 is 1.30. The number of nitrogens with zero attached hydrogens (tertiary/aromatic N) is 1. The van der Waals surface area contributed by atoms with E-state index >= 15 is 0 Å². The predicted molar refractivity (Wildman–Crippen MR) is 88.6 cm³/mol. The van der Waals surface area contributed by atoms with Gasteiger partial charge in [-0.05, 0) is 17.9 Å². The van der Waals surface area contributed by atoms with Crippen LogP contribution in [0.25, 0.3) is 0 Å².